The summed E-state index contributed by atoms with van der Waals surface area (Å²) in [5.41, 5.74) is 2.80. The zero-order valence-corrected chi connectivity index (χ0v) is 15.1. The first kappa shape index (κ1) is 17.4. The molecule has 2 aromatic carbocycles. The van der Waals surface area contributed by atoms with Gasteiger partial charge in [-0.25, -0.2) is 8.78 Å². The Labute approximate surface area is 158 Å². The van der Waals surface area contributed by atoms with Crippen LogP contribution in [0, 0.1) is 11.6 Å². The standard InChI is InChI=1S/C19H14F2N4OS/c1-26-16-4-2-13(3-5-16)17-6-7-18-22-23-19(25(18)24-17)27-11-12-8-14(20)10-15(21)9-12/h2-10H,11H2,1H3. The molecule has 27 heavy (non-hydrogen) atoms. The van der Waals surface area contributed by atoms with Gasteiger partial charge in [0.25, 0.3) is 0 Å². The summed E-state index contributed by atoms with van der Waals surface area (Å²) in [6.07, 6.45) is 0. The molecule has 136 valence electrons. The lowest BCUT2D eigenvalue weighted by atomic mass is 10.1. The van der Waals surface area contributed by atoms with Gasteiger partial charge in [0, 0.05) is 17.4 Å². The van der Waals surface area contributed by atoms with Crippen LogP contribution in [0.1, 0.15) is 5.56 Å². The van der Waals surface area contributed by atoms with E-state index in [1.807, 2.05) is 36.4 Å². The average Bonchev–Trinajstić information content (AvgIpc) is 3.08. The van der Waals surface area contributed by atoms with Crippen molar-refractivity contribution in [3.8, 4) is 17.0 Å². The minimum absolute atomic E-state index is 0.351. The van der Waals surface area contributed by atoms with Gasteiger partial charge in [0.2, 0.25) is 5.16 Å². The molecule has 0 bridgehead atoms. The van der Waals surface area contributed by atoms with Crippen LogP contribution in [-0.2, 0) is 5.75 Å². The van der Waals surface area contributed by atoms with Crippen LogP contribution in [0.25, 0.3) is 16.9 Å². The molecule has 0 aliphatic rings. The summed E-state index contributed by atoms with van der Waals surface area (Å²) in [7, 11) is 1.62. The van der Waals surface area contributed by atoms with Crippen LogP contribution in [0.4, 0.5) is 8.78 Å². The zero-order valence-electron chi connectivity index (χ0n) is 14.3. The first-order valence-electron chi connectivity index (χ1n) is 8.07. The fourth-order valence-corrected chi connectivity index (χ4v) is 3.43. The van der Waals surface area contributed by atoms with Gasteiger partial charge in [-0.2, -0.15) is 9.61 Å². The largest absolute Gasteiger partial charge is 0.497 e. The topological polar surface area (TPSA) is 52.3 Å². The second-order valence-corrected chi connectivity index (χ2v) is 6.71. The number of aromatic nitrogens is 4. The molecule has 0 fully saturated rings. The first-order chi connectivity index (χ1) is 13.1. The lowest BCUT2D eigenvalue weighted by Crippen LogP contribution is -1.97. The third-order valence-electron chi connectivity index (χ3n) is 3.91. The maximum absolute atomic E-state index is 13.3. The highest BCUT2D eigenvalue weighted by atomic mass is 32.2. The minimum Gasteiger partial charge on any atom is -0.497 e. The van der Waals surface area contributed by atoms with E-state index in [4.69, 9.17) is 4.74 Å². The number of ether oxygens (including phenoxy) is 1. The van der Waals surface area contributed by atoms with Crippen molar-refractivity contribution in [2.24, 2.45) is 0 Å². The number of rotatable bonds is 5. The molecule has 0 amide bonds. The molecule has 0 aliphatic carbocycles. The first-order valence-corrected chi connectivity index (χ1v) is 9.05. The SMILES string of the molecule is COc1ccc(-c2ccc3nnc(SCc4cc(F)cc(F)c4)n3n2)cc1. The molecule has 4 rings (SSSR count). The van der Waals surface area contributed by atoms with Crippen LogP contribution in [0.15, 0.2) is 59.8 Å². The van der Waals surface area contributed by atoms with Crippen molar-refractivity contribution in [1.29, 1.82) is 0 Å². The molecule has 0 N–H and O–H groups in total. The van der Waals surface area contributed by atoms with Crippen molar-refractivity contribution < 1.29 is 13.5 Å². The molecule has 5 nitrogen and oxygen atoms in total. The normalized spacial score (nSPS) is 11.1. The van der Waals surface area contributed by atoms with Crippen LogP contribution in [-0.4, -0.2) is 26.9 Å². The summed E-state index contributed by atoms with van der Waals surface area (Å²) < 4.78 is 33.5. The Kier molecular flexibility index (Phi) is 4.72. The third kappa shape index (κ3) is 3.75. The van der Waals surface area contributed by atoms with Gasteiger partial charge in [0.15, 0.2) is 5.65 Å². The van der Waals surface area contributed by atoms with Crippen molar-refractivity contribution in [2.75, 3.05) is 7.11 Å². The Hall–Kier alpha value is -3.00. The number of methoxy groups -OCH3 is 1. The molecule has 0 spiro atoms. The predicted molar refractivity (Wildman–Crippen MR) is 98.7 cm³/mol. The summed E-state index contributed by atoms with van der Waals surface area (Å²) in [5, 5.41) is 13.3. The van der Waals surface area contributed by atoms with E-state index in [0.29, 0.717) is 22.1 Å². The van der Waals surface area contributed by atoms with E-state index in [1.165, 1.54) is 23.9 Å². The third-order valence-corrected chi connectivity index (χ3v) is 4.90. The van der Waals surface area contributed by atoms with Gasteiger partial charge in [-0.1, -0.05) is 11.8 Å². The van der Waals surface area contributed by atoms with Crippen LogP contribution in [0.5, 0.6) is 5.75 Å². The van der Waals surface area contributed by atoms with E-state index in [1.54, 1.807) is 11.6 Å². The highest BCUT2D eigenvalue weighted by molar-refractivity contribution is 7.98. The summed E-state index contributed by atoms with van der Waals surface area (Å²) in [6, 6.07) is 14.7. The molecule has 4 aromatic rings. The van der Waals surface area contributed by atoms with Gasteiger partial charge in [0.1, 0.15) is 17.4 Å². The van der Waals surface area contributed by atoms with E-state index in [-0.39, 0.29) is 0 Å². The lowest BCUT2D eigenvalue weighted by Gasteiger charge is -2.05. The van der Waals surface area contributed by atoms with Crippen molar-refractivity contribution >= 4 is 17.4 Å². The van der Waals surface area contributed by atoms with Crippen LogP contribution < -0.4 is 4.74 Å². The molecule has 2 heterocycles. The number of halogens is 2. The Morgan fingerprint density at radius 1 is 0.963 bits per heavy atom. The quantitative estimate of drug-likeness (QED) is 0.478. The number of nitrogens with zero attached hydrogens (tertiary/aromatic N) is 4. The summed E-state index contributed by atoms with van der Waals surface area (Å²) >= 11 is 1.31. The van der Waals surface area contributed by atoms with Crippen LogP contribution in [0.2, 0.25) is 0 Å². The molecular weight excluding hydrogens is 370 g/mol. The van der Waals surface area contributed by atoms with Gasteiger partial charge >= 0.3 is 0 Å². The second kappa shape index (κ2) is 7.32. The molecular formula is C19H14F2N4OS. The molecule has 0 saturated heterocycles. The molecule has 0 saturated carbocycles. The Morgan fingerprint density at radius 2 is 1.70 bits per heavy atom. The van der Waals surface area contributed by atoms with E-state index >= 15 is 0 Å². The number of benzene rings is 2. The number of hydrogen-bond acceptors (Lipinski definition) is 5. The summed E-state index contributed by atoms with van der Waals surface area (Å²) in [6.45, 7) is 0. The molecule has 0 unspecified atom stereocenters. The van der Waals surface area contributed by atoms with Gasteiger partial charge < -0.3 is 4.74 Å². The van der Waals surface area contributed by atoms with E-state index in [9.17, 15) is 8.78 Å². The Bertz CT molecular complexity index is 1080. The van der Waals surface area contributed by atoms with Crippen molar-refractivity contribution in [1.82, 2.24) is 19.8 Å². The Balaban J connectivity index is 1.61. The average molecular weight is 384 g/mol. The van der Waals surface area contributed by atoms with E-state index in [2.05, 4.69) is 15.3 Å². The number of fused-ring (bicyclic) bond motifs is 1. The predicted octanol–water partition coefficient (Wildman–Crippen LogP) is 4.37. The Morgan fingerprint density at radius 3 is 2.41 bits per heavy atom. The van der Waals surface area contributed by atoms with Crippen LogP contribution >= 0.6 is 11.8 Å². The molecule has 0 atom stereocenters. The lowest BCUT2D eigenvalue weighted by molar-refractivity contribution is 0.415. The summed E-state index contributed by atoms with van der Waals surface area (Å²) in [5.74, 6) is -0.0832. The highest BCUT2D eigenvalue weighted by Crippen LogP contribution is 2.25. The maximum Gasteiger partial charge on any atom is 0.212 e. The number of hydrogen-bond donors (Lipinski definition) is 0. The van der Waals surface area contributed by atoms with Gasteiger partial charge in [-0.15, -0.1) is 10.2 Å². The maximum atomic E-state index is 13.3. The smallest absolute Gasteiger partial charge is 0.212 e. The van der Waals surface area contributed by atoms with Crippen LogP contribution in [0.3, 0.4) is 0 Å². The minimum atomic E-state index is -0.600. The fraction of sp³-hybridized carbons (Fsp3) is 0.105. The van der Waals surface area contributed by atoms with Crippen molar-refractivity contribution in [3.63, 3.8) is 0 Å². The zero-order chi connectivity index (χ0) is 18.8. The van der Waals surface area contributed by atoms with E-state index < -0.39 is 11.6 Å². The molecule has 2 aromatic heterocycles. The summed E-state index contributed by atoms with van der Waals surface area (Å²) in [4.78, 5) is 0. The van der Waals surface area contributed by atoms with Crippen molar-refractivity contribution in [2.45, 2.75) is 10.9 Å². The number of thioether (sulfide) groups is 1. The monoisotopic (exact) mass is 384 g/mol. The molecule has 8 heteroatoms. The van der Waals surface area contributed by atoms with Gasteiger partial charge in [-0.3, -0.25) is 0 Å². The van der Waals surface area contributed by atoms with Gasteiger partial charge in [-0.05, 0) is 54.1 Å². The highest BCUT2D eigenvalue weighted by Gasteiger charge is 2.11. The second-order valence-electron chi connectivity index (χ2n) is 5.77. The van der Waals surface area contributed by atoms with E-state index in [0.717, 1.165) is 23.1 Å². The van der Waals surface area contributed by atoms with Crippen molar-refractivity contribution in [3.05, 3.63) is 71.8 Å². The van der Waals surface area contributed by atoms with Gasteiger partial charge in [0.05, 0.1) is 12.8 Å². The molecule has 0 radical (unpaired) electrons. The fourth-order valence-electron chi connectivity index (χ4n) is 2.62. The molecule has 0 aliphatic heterocycles.